The standard InChI is InChI=1S/C12H20O6/c1-11(2,14)18-9-5-7(13)10(16-9)8-6-15-12(3,4)17-8/h8-10,14H,5-6H2,1-4H3. The average molecular weight is 260 g/mol. The number of ketones is 1. The molecule has 18 heavy (non-hydrogen) atoms. The van der Waals surface area contributed by atoms with E-state index in [0.717, 1.165) is 0 Å². The second-order valence-corrected chi connectivity index (χ2v) is 5.59. The van der Waals surface area contributed by atoms with E-state index in [0.29, 0.717) is 6.61 Å². The fourth-order valence-corrected chi connectivity index (χ4v) is 2.12. The lowest BCUT2D eigenvalue weighted by molar-refractivity contribution is -0.274. The summed E-state index contributed by atoms with van der Waals surface area (Å²) in [5.41, 5.74) is 0. The maximum Gasteiger partial charge on any atom is 0.169 e. The molecule has 0 spiro atoms. The first-order valence-electron chi connectivity index (χ1n) is 6.06. The molecule has 1 N–H and O–H groups in total. The average Bonchev–Trinajstić information content (AvgIpc) is 2.67. The van der Waals surface area contributed by atoms with Crippen molar-refractivity contribution in [2.75, 3.05) is 6.61 Å². The van der Waals surface area contributed by atoms with Crippen LogP contribution in [0.4, 0.5) is 0 Å². The van der Waals surface area contributed by atoms with E-state index in [9.17, 15) is 9.90 Å². The molecule has 2 aliphatic heterocycles. The summed E-state index contributed by atoms with van der Waals surface area (Å²) in [4.78, 5) is 11.8. The van der Waals surface area contributed by atoms with Crippen molar-refractivity contribution in [3.63, 3.8) is 0 Å². The maximum atomic E-state index is 11.8. The van der Waals surface area contributed by atoms with E-state index < -0.39 is 30.1 Å². The van der Waals surface area contributed by atoms with Crippen LogP contribution in [0.25, 0.3) is 0 Å². The third kappa shape index (κ3) is 3.27. The van der Waals surface area contributed by atoms with Crippen molar-refractivity contribution in [3.05, 3.63) is 0 Å². The smallest absolute Gasteiger partial charge is 0.169 e. The Balaban J connectivity index is 1.94. The van der Waals surface area contributed by atoms with Crippen molar-refractivity contribution in [2.24, 2.45) is 0 Å². The van der Waals surface area contributed by atoms with Gasteiger partial charge in [0.25, 0.3) is 0 Å². The highest BCUT2D eigenvalue weighted by Gasteiger charge is 2.46. The zero-order chi connectivity index (χ0) is 13.6. The summed E-state index contributed by atoms with van der Waals surface area (Å²) in [6.45, 7) is 6.88. The lowest BCUT2D eigenvalue weighted by atomic mass is 10.1. The lowest BCUT2D eigenvalue weighted by Crippen LogP contribution is -2.36. The van der Waals surface area contributed by atoms with Crippen molar-refractivity contribution in [1.82, 2.24) is 0 Å². The van der Waals surface area contributed by atoms with Crippen LogP contribution in [0.3, 0.4) is 0 Å². The van der Waals surface area contributed by atoms with E-state index in [1.54, 1.807) is 13.8 Å². The number of carbonyl (C=O) groups is 1. The fourth-order valence-electron chi connectivity index (χ4n) is 2.12. The molecule has 0 saturated carbocycles. The van der Waals surface area contributed by atoms with Crippen LogP contribution in [0, 0.1) is 0 Å². The molecular weight excluding hydrogens is 240 g/mol. The SMILES string of the molecule is CC(C)(O)OC1CC(=O)C(C2COC(C)(C)O2)O1. The Morgan fingerprint density at radius 1 is 1.44 bits per heavy atom. The number of rotatable bonds is 3. The number of aliphatic hydroxyl groups is 1. The molecule has 2 heterocycles. The van der Waals surface area contributed by atoms with Gasteiger partial charge in [0.05, 0.1) is 13.0 Å². The molecule has 0 amide bonds. The first-order valence-corrected chi connectivity index (χ1v) is 6.06. The summed E-state index contributed by atoms with van der Waals surface area (Å²) < 4.78 is 21.7. The Morgan fingerprint density at radius 3 is 2.61 bits per heavy atom. The fraction of sp³-hybridized carbons (Fsp3) is 0.917. The maximum absolute atomic E-state index is 11.8. The van der Waals surface area contributed by atoms with Crippen molar-refractivity contribution in [1.29, 1.82) is 0 Å². The molecule has 2 rings (SSSR count). The van der Waals surface area contributed by atoms with Crippen molar-refractivity contribution >= 4 is 5.78 Å². The van der Waals surface area contributed by atoms with Crippen LogP contribution in [0.5, 0.6) is 0 Å². The number of ether oxygens (including phenoxy) is 4. The molecule has 6 heteroatoms. The van der Waals surface area contributed by atoms with Crippen LogP contribution < -0.4 is 0 Å². The molecule has 2 fully saturated rings. The molecule has 0 aliphatic carbocycles. The predicted molar refractivity (Wildman–Crippen MR) is 60.6 cm³/mol. The summed E-state index contributed by atoms with van der Waals surface area (Å²) in [6, 6.07) is 0. The number of carbonyl (C=O) groups excluding carboxylic acids is 1. The molecule has 2 aliphatic rings. The van der Waals surface area contributed by atoms with Gasteiger partial charge in [0.1, 0.15) is 12.2 Å². The van der Waals surface area contributed by atoms with E-state index in [1.807, 2.05) is 0 Å². The largest absolute Gasteiger partial charge is 0.366 e. The van der Waals surface area contributed by atoms with Gasteiger partial charge >= 0.3 is 0 Å². The molecule has 0 bridgehead atoms. The van der Waals surface area contributed by atoms with Gasteiger partial charge in [0, 0.05) is 0 Å². The normalized spacial score (nSPS) is 36.3. The summed E-state index contributed by atoms with van der Waals surface area (Å²) in [7, 11) is 0. The van der Waals surface area contributed by atoms with Gasteiger partial charge in [-0.15, -0.1) is 0 Å². The first kappa shape index (κ1) is 13.9. The molecule has 0 aromatic rings. The van der Waals surface area contributed by atoms with Crippen molar-refractivity contribution < 1.29 is 28.8 Å². The second kappa shape index (κ2) is 4.54. The molecule has 3 unspecified atom stereocenters. The van der Waals surface area contributed by atoms with Crippen LogP contribution in [0.15, 0.2) is 0 Å². The molecule has 3 atom stereocenters. The van der Waals surface area contributed by atoms with Gasteiger partial charge in [-0.2, -0.15) is 0 Å². The van der Waals surface area contributed by atoms with Gasteiger partial charge in [-0.1, -0.05) is 0 Å². The molecule has 104 valence electrons. The van der Waals surface area contributed by atoms with E-state index in [1.165, 1.54) is 13.8 Å². The van der Waals surface area contributed by atoms with E-state index in [-0.39, 0.29) is 12.2 Å². The minimum absolute atomic E-state index is 0.0875. The third-order valence-electron chi connectivity index (χ3n) is 2.77. The second-order valence-electron chi connectivity index (χ2n) is 5.59. The Hall–Kier alpha value is -0.530. The van der Waals surface area contributed by atoms with E-state index in [4.69, 9.17) is 18.9 Å². The van der Waals surface area contributed by atoms with Crippen LogP contribution in [-0.4, -0.2) is 47.6 Å². The van der Waals surface area contributed by atoms with Crippen molar-refractivity contribution in [2.45, 2.75) is 64.2 Å². The predicted octanol–water partition coefficient (Wildman–Crippen LogP) is 0.567. The van der Waals surface area contributed by atoms with Gasteiger partial charge in [-0.05, 0) is 27.7 Å². The van der Waals surface area contributed by atoms with Gasteiger partial charge in [-0.25, -0.2) is 0 Å². The minimum Gasteiger partial charge on any atom is -0.366 e. The number of Topliss-reactive ketones (excluding diaryl/α,β-unsaturated/α-hetero) is 1. The molecule has 0 aromatic carbocycles. The molecule has 0 radical (unpaired) electrons. The Bertz CT molecular complexity index is 332. The van der Waals surface area contributed by atoms with Gasteiger partial charge < -0.3 is 24.1 Å². The summed E-state index contributed by atoms with van der Waals surface area (Å²) >= 11 is 0. The zero-order valence-electron chi connectivity index (χ0n) is 11.1. The summed E-state index contributed by atoms with van der Waals surface area (Å²) in [5, 5.41) is 9.53. The summed E-state index contributed by atoms with van der Waals surface area (Å²) in [5.74, 6) is -2.11. The zero-order valence-corrected chi connectivity index (χ0v) is 11.1. The van der Waals surface area contributed by atoms with Crippen molar-refractivity contribution in [3.8, 4) is 0 Å². The minimum atomic E-state index is -1.33. The van der Waals surface area contributed by atoms with Crippen LogP contribution in [0.1, 0.15) is 34.1 Å². The Morgan fingerprint density at radius 2 is 2.11 bits per heavy atom. The Kier molecular flexibility index (Phi) is 3.50. The number of hydrogen-bond donors (Lipinski definition) is 1. The first-order chi connectivity index (χ1) is 8.16. The van der Waals surface area contributed by atoms with Gasteiger partial charge in [0.2, 0.25) is 0 Å². The van der Waals surface area contributed by atoms with Crippen LogP contribution in [0.2, 0.25) is 0 Å². The molecule has 6 nitrogen and oxygen atoms in total. The summed E-state index contributed by atoms with van der Waals surface area (Å²) in [6.07, 6.45) is -1.70. The highest BCUT2D eigenvalue weighted by molar-refractivity contribution is 5.85. The monoisotopic (exact) mass is 260 g/mol. The molecule has 0 aromatic heterocycles. The number of hydrogen-bond acceptors (Lipinski definition) is 6. The quantitative estimate of drug-likeness (QED) is 0.748. The highest BCUT2D eigenvalue weighted by atomic mass is 16.8. The van der Waals surface area contributed by atoms with E-state index >= 15 is 0 Å². The van der Waals surface area contributed by atoms with Gasteiger partial charge in [0.15, 0.2) is 23.6 Å². The molecule has 2 saturated heterocycles. The highest BCUT2D eigenvalue weighted by Crippen LogP contribution is 2.31. The topological polar surface area (TPSA) is 74.2 Å². The Labute approximate surface area is 106 Å². The molecular formula is C12H20O6. The van der Waals surface area contributed by atoms with Crippen LogP contribution >= 0.6 is 0 Å². The lowest BCUT2D eigenvalue weighted by Gasteiger charge is -2.24. The van der Waals surface area contributed by atoms with E-state index in [2.05, 4.69) is 0 Å². The third-order valence-corrected chi connectivity index (χ3v) is 2.77. The van der Waals surface area contributed by atoms with Crippen LogP contribution in [-0.2, 0) is 23.7 Å². The van der Waals surface area contributed by atoms with Gasteiger partial charge in [-0.3, -0.25) is 4.79 Å².